The molecule has 2 aromatic carbocycles. The van der Waals surface area contributed by atoms with Crippen LogP contribution in [0.5, 0.6) is 0 Å². The van der Waals surface area contributed by atoms with Gasteiger partial charge >= 0.3 is 0 Å². The van der Waals surface area contributed by atoms with Gasteiger partial charge in [-0.25, -0.2) is 13.6 Å². The fraction of sp³-hybridized carbons (Fsp3) is 0.263. The number of aryl methyl sites for hydroxylation is 1. The largest absolute Gasteiger partial charge is 0.306 e. The van der Waals surface area contributed by atoms with E-state index in [2.05, 4.69) is 22.3 Å². The van der Waals surface area contributed by atoms with Gasteiger partial charge in [-0.2, -0.15) is 0 Å². The maximum atomic E-state index is 11.9. The Kier molecular flexibility index (Phi) is 5.69. The molecule has 3 aromatic rings. The van der Waals surface area contributed by atoms with Crippen molar-refractivity contribution in [2.75, 3.05) is 0 Å². The Balaban J connectivity index is 1.99. The first-order valence-corrected chi connectivity index (χ1v) is 11.0. The first kappa shape index (κ1) is 19.6. The molecule has 0 amide bonds. The van der Waals surface area contributed by atoms with E-state index in [-0.39, 0.29) is 10.8 Å². The van der Waals surface area contributed by atoms with Crippen LogP contribution in [0.2, 0.25) is 0 Å². The molecule has 0 spiro atoms. The van der Waals surface area contributed by atoms with Gasteiger partial charge in [0.1, 0.15) is 5.82 Å². The number of sulfonamides is 1. The zero-order valence-corrected chi connectivity index (χ0v) is 17.1. The smallest absolute Gasteiger partial charge is 0.238 e. The molecule has 1 heterocycles. The van der Waals surface area contributed by atoms with Gasteiger partial charge in [0, 0.05) is 17.4 Å². The number of hydrogen-bond acceptors (Lipinski definition) is 5. The lowest BCUT2D eigenvalue weighted by atomic mass is 10.0. The summed E-state index contributed by atoms with van der Waals surface area (Å²) >= 11 is 1.54. The zero-order chi connectivity index (χ0) is 19.6. The van der Waals surface area contributed by atoms with Crippen LogP contribution in [0.3, 0.4) is 0 Å². The van der Waals surface area contributed by atoms with Gasteiger partial charge in [0.05, 0.1) is 4.90 Å². The number of nitrogens with two attached hydrogens (primary N) is 1. The maximum absolute atomic E-state index is 11.9. The van der Waals surface area contributed by atoms with E-state index >= 15 is 0 Å². The van der Waals surface area contributed by atoms with Crippen molar-refractivity contribution < 1.29 is 8.42 Å². The molecule has 1 aromatic heterocycles. The van der Waals surface area contributed by atoms with E-state index < -0.39 is 10.0 Å². The van der Waals surface area contributed by atoms with Gasteiger partial charge in [-0.3, -0.25) is 0 Å². The van der Waals surface area contributed by atoms with Crippen molar-refractivity contribution in [2.24, 2.45) is 5.14 Å². The fourth-order valence-electron chi connectivity index (χ4n) is 2.94. The predicted octanol–water partition coefficient (Wildman–Crippen LogP) is 3.56. The molecular weight excluding hydrogens is 380 g/mol. The number of rotatable bonds is 6. The standard InChI is InChI=1S/C19H22N4O2S2/c1-4-23-18(14(3)16-7-5-6-8-17(16)27(20,24)25)21-22-19(23)26-15-11-9-13(2)10-12-15/h5-12,14H,4H2,1-3H3,(H2,20,24,25)/t14-/m1/s1. The van der Waals surface area contributed by atoms with Crippen molar-refractivity contribution in [2.45, 2.75) is 48.2 Å². The van der Waals surface area contributed by atoms with Gasteiger partial charge in [0.2, 0.25) is 10.0 Å². The van der Waals surface area contributed by atoms with E-state index in [9.17, 15) is 8.42 Å². The summed E-state index contributed by atoms with van der Waals surface area (Å²) in [5.74, 6) is 0.447. The third-order valence-corrected chi connectivity index (χ3v) is 6.35. The van der Waals surface area contributed by atoms with Crippen molar-refractivity contribution in [1.82, 2.24) is 14.8 Å². The summed E-state index contributed by atoms with van der Waals surface area (Å²) in [4.78, 5) is 1.20. The summed E-state index contributed by atoms with van der Waals surface area (Å²) in [5, 5.41) is 14.9. The molecule has 0 fully saturated rings. The second-order valence-corrected chi connectivity index (χ2v) is 8.88. The highest BCUT2D eigenvalue weighted by Crippen LogP contribution is 2.32. The zero-order valence-electron chi connectivity index (χ0n) is 15.5. The van der Waals surface area contributed by atoms with Crippen LogP contribution in [0.4, 0.5) is 0 Å². The van der Waals surface area contributed by atoms with Gasteiger partial charge < -0.3 is 4.57 Å². The maximum Gasteiger partial charge on any atom is 0.238 e. The van der Waals surface area contributed by atoms with E-state index in [0.717, 1.165) is 10.1 Å². The Morgan fingerprint density at radius 3 is 2.41 bits per heavy atom. The number of primary sulfonamides is 1. The van der Waals surface area contributed by atoms with Crippen LogP contribution in [0.25, 0.3) is 0 Å². The Morgan fingerprint density at radius 2 is 1.78 bits per heavy atom. The molecule has 2 N–H and O–H groups in total. The number of aromatic nitrogens is 3. The Morgan fingerprint density at radius 1 is 1.11 bits per heavy atom. The number of hydrogen-bond donors (Lipinski definition) is 1. The lowest BCUT2D eigenvalue weighted by Crippen LogP contribution is -2.17. The minimum Gasteiger partial charge on any atom is -0.306 e. The topological polar surface area (TPSA) is 90.9 Å². The van der Waals surface area contributed by atoms with Gasteiger partial charge in [0.15, 0.2) is 5.16 Å². The van der Waals surface area contributed by atoms with Crippen molar-refractivity contribution in [3.8, 4) is 0 Å². The van der Waals surface area contributed by atoms with Crippen molar-refractivity contribution in [3.63, 3.8) is 0 Å². The third-order valence-electron chi connectivity index (χ3n) is 4.37. The molecule has 27 heavy (non-hydrogen) atoms. The molecule has 0 radical (unpaired) electrons. The van der Waals surface area contributed by atoms with E-state index in [4.69, 9.17) is 5.14 Å². The second-order valence-electron chi connectivity index (χ2n) is 6.30. The average Bonchev–Trinajstić information content (AvgIpc) is 3.05. The Labute approximate surface area is 163 Å². The Hall–Kier alpha value is -2.16. The third kappa shape index (κ3) is 4.23. The molecule has 8 heteroatoms. The van der Waals surface area contributed by atoms with Crippen LogP contribution < -0.4 is 5.14 Å². The Bertz CT molecular complexity index is 1040. The van der Waals surface area contributed by atoms with Gasteiger partial charge in [-0.05, 0) is 49.4 Å². The molecule has 0 bridgehead atoms. The van der Waals surface area contributed by atoms with Crippen LogP contribution in [-0.2, 0) is 16.6 Å². The van der Waals surface area contributed by atoms with Crippen LogP contribution in [-0.4, -0.2) is 23.2 Å². The first-order chi connectivity index (χ1) is 12.8. The summed E-state index contributed by atoms with van der Waals surface area (Å²) in [5.41, 5.74) is 1.82. The van der Waals surface area contributed by atoms with Crippen molar-refractivity contribution >= 4 is 21.8 Å². The first-order valence-electron chi connectivity index (χ1n) is 8.60. The number of nitrogens with zero attached hydrogens (tertiary/aromatic N) is 3. The quantitative estimate of drug-likeness (QED) is 0.681. The summed E-state index contributed by atoms with van der Waals surface area (Å²) in [7, 11) is -3.81. The summed E-state index contributed by atoms with van der Waals surface area (Å²) < 4.78 is 25.9. The second kappa shape index (κ2) is 7.84. The molecule has 0 saturated heterocycles. The molecule has 0 aliphatic carbocycles. The van der Waals surface area contributed by atoms with Crippen molar-refractivity contribution in [1.29, 1.82) is 0 Å². The van der Waals surface area contributed by atoms with E-state index in [1.807, 2.05) is 37.5 Å². The molecule has 6 nitrogen and oxygen atoms in total. The summed E-state index contributed by atoms with van der Waals surface area (Å²) in [6.45, 7) is 6.66. The fourth-order valence-corrected chi connectivity index (χ4v) is 4.68. The number of benzene rings is 2. The summed E-state index contributed by atoms with van der Waals surface area (Å²) in [6.07, 6.45) is 0. The molecule has 0 aliphatic rings. The van der Waals surface area contributed by atoms with Gasteiger partial charge in [-0.15, -0.1) is 10.2 Å². The lowest BCUT2D eigenvalue weighted by Gasteiger charge is -2.16. The minimum absolute atomic E-state index is 0.121. The normalized spacial score (nSPS) is 12.9. The summed E-state index contributed by atoms with van der Waals surface area (Å²) in [6, 6.07) is 15.0. The van der Waals surface area contributed by atoms with Crippen molar-refractivity contribution in [3.05, 3.63) is 65.5 Å². The van der Waals surface area contributed by atoms with Crippen LogP contribution in [0.15, 0.2) is 63.5 Å². The van der Waals surface area contributed by atoms with Crippen LogP contribution in [0.1, 0.15) is 36.7 Å². The van der Waals surface area contributed by atoms with E-state index in [1.54, 1.807) is 18.2 Å². The predicted molar refractivity (Wildman–Crippen MR) is 106 cm³/mol. The van der Waals surface area contributed by atoms with Gasteiger partial charge in [0.25, 0.3) is 0 Å². The molecule has 0 saturated carbocycles. The highest BCUT2D eigenvalue weighted by molar-refractivity contribution is 7.99. The average molecular weight is 403 g/mol. The monoisotopic (exact) mass is 402 g/mol. The molecule has 0 unspecified atom stereocenters. The van der Waals surface area contributed by atoms with E-state index in [0.29, 0.717) is 17.9 Å². The highest BCUT2D eigenvalue weighted by Gasteiger charge is 2.24. The minimum atomic E-state index is -3.81. The highest BCUT2D eigenvalue weighted by atomic mass is 32.2. The van der Waals surface area contributed by atoms with Crippen LogP contribution in [0, 0.1) is 6.92 Å². The molecular formula is C19H22N4O2S2. The molecule has 3 rings (SSSR count). The van der Waals surface area contributed by atoms with Gasteiger partial charge in [-0.1, -0.05) is 42.8 Å². The van der Waals surface area contributed by atoms with E-state index in [1.165, 1.54) is 23.4 Å². The lowest BCUT2D eigenvalue weighted by molar-refractivity contribution is 0.592. The SMILES string of the molecule is CCn1c(Sc2ccc(C)cc2)nnc1[C@H](C)c1ccccc1S(N)(=O)=O. The molecule has 0 aliphatic heterocycles. The molecule has 1 atom stereocenters. The van der Waals surface area contributed by atoms with Crippen LogP contribution >= 0.6 is 11.8 Å². The molecule has 142 valence electrons.